The van der Waals surface area contributed by atoms with Crippen LogP contribution in [-0.4, -0.2) is 36.9 Å². The molecule has 20 heavy (non-hydrogen) atoms. The Balaban J connectivity index is 3.24. The van der Waals surface area contributed by atoms with Crippen LogP contribution in [0.4, 0.5) is 13.2 Å². The van der Waals surface area contributed by atoms with Crippen molar-refractivity contribution in [3.8, 4) is 0 Å². The quantitative estimate of drug-likeness (QED) is 0.866. The van der Waals surface area contributed by atoms with Gasteiger partial charge in [-0.25, -0.2) is 0 Å². The van der Waals surface area contributed by atoms with Gasteiger partial charge in [0.15, 0.2) is 0 Å². The second kappa shape index (κ2) is 6.23. The standard InChI is InChI=1S/C13H16F3NO3/c1-9(18)8-17-11(19)12(20-2,13(14,15)16)10-6-4-3-5-7-10/h3-7,9,18H,8H2,1-2H3,(H,17,19)/t9-,12-/m1/s1. The highest BCUT2D eigenvalue weighted by Gasteiger charge is 2.62. The Hall–Kier alpha value is -1.60. The average molecular weight is 291 g/mol. The van der Waals surface area contributed by atoms with Crippen LogP contribution in [-0.2, 0) is 15.1 Å². The van der Waals surface area contributed by atoms with Crippen LogP contribution in [0.3, 0.4) is 0 Å². The number of aliphatic hydroxyl groups is 1. The molecule has 2 N–H and O–H groups in total. The Morgan fingerprint density at radius 3 is 2.30 bits per heavy atom. The van der Waals surface area contributed by atoms with Crippen molar-refractivity contribution < 1.29 is 27.8 Å². The summed E-state index contributed by atoms with van der Waals surface area (Å²) in [5.41, 5.74) is -3.42. The molecule has 0 bridgehead atoms. The molecule has 1 aromatic rings. The maximum atomic E-state index is 13.4. The third-order valence-electron chi connectivity index (χ3n) is 2.76. The molecule has 0 fully saturated rings. The lowest BCUT2D eigenvalue weighted by molar-refractivity contribution is -0.265. The van der Waals surface area contributed by atoms with Crippen LogP contribution in [0.2, 0.25) is 0 Å². The minimum absolute atomic E-state index is 0.299. The van der Waals surface area contributed by atoms with Gasteiger partial charge in [-0.2, -0.15) is 13.2 Å². The number of rotatable bonds is 5. The van der Waals surface area contributed by atoms with E-state index in [0.717, 1.165) is 7.11 Å². The largest absolute Gasteiger partial charge is 0.430 e. The highest BCUT2D eigenvalue weighted by atomic mass is 19.4. The van der Waals surface area contributed by atoms with Crippen molar-refractivity contribution in [1.82, 2.24) is 5.32 Å². The van der Waals surface area contributed by atoms with Gasteiger partial charge in [0.25, 0.3) is 11.5 Å². The number of halogens is 3. The maximum Gasteiger partial charge on any atom is 0.430 e. The SMILES string of the molecule is CO[C@@](C(=O)NC[C@@H](C)O)(c1ccccc1)C(F)(F)F. The average Bonchev–Trinajstić information content (AvgIpc) is 2.37. The molecular weight excluding hydrogens is 275 g/mol. The number of amides is 1. The lowest BCUT2D eigenvalue weighted by Crippen LogP contribution is -2.56. The predicted molar refractivity (Wildman–Crippen MR) is 65.9 cm³/mol. The zero-order chi connectivity index (χ0) is 15.4. The van der Waals surface area contributed by atoms with E-state index in [9.17, 15) is 18.0 Å². The summed E-state index contributed by atoms with van der Waals surface area (Å²) in [6, 6.07) is 6.64. The second-order valence-corrected chi connectivity index (χ2v) is 4.31. The summed E-state index contributed by atoms with van der Waals surface area (Å²) in [6.45, 7) is 1.05. The van der Waals surface area contributed by atoms with Crippen molar-refractivity contribution in [2.45, 2.75) is 24.8 Å². The van der Waals surface area contributed by atoms with Gasteiger partial charge in [-0.1, -0.05) is 30.3 Å². The van der Waals surface area contributed by atoms with Gasteiger partial charge < -0.3 is 15.2 Å². The Kier molecular flexibility index (Phi) is 5.13. The topological polar surface area (TPSA) is 58.6 Å². The lowest BCUT2D eigenvalue weighted by atomic mass is 9.91. The monoisotopic (exact) mass is 291 g/mol. The van der Waals surface area contributed by atoms with Gasteiger partial charge in [-0.3, -0.25) is 4.79 Å². The van der Waals surface area contributed by atoms with Crippen LogP contribution in [0.15, 0.2) is 30.3 Å². The molecule has 4 nitrogen and oxygen atoms in total. The number of carbonyl (C=O) groups excluding carboxylic acids is 1. The third kappa shape index (κ3) is 3.10. The van der Waals surface area contributed by atoms with E-state index in [1.54, 1.807) is 0 Å². The fourth-order valence-electron chi connectivity index (χ4n) is 1.79. The lowest BCUT2D eigenvalue weighted by Gasteiger charge is -2.33. The van der Waals surface area contributed by atoms with E-state index in [1.807, 2.05) is 5.32 Å². The van der Waals surface area contributed by atoms with Gasteiger partial charge in [0.2, 0.25) is 0 Å². The van der Waals surface area contributed by atoms with Gasteiger partial charge in [-0.15, -0.1) is 0 Å². The van der Waals surface area contributed by atoms with Crippen LogP contribution in [0.25, 0.3) is 0 Å². The first-order valence-corrected chi connectivity index (χ1v) is 5.89. The van der Waals surface area contributed by atoms with Crippen molar-refractivity contribution >= 4 is 5.91 Å². The fraction of sp³-hybridized carbons (Fsp3) is 0.462. The first-order valence-electron chi connectivity index (χ1n) is 5.89. The summed E-state index contributed by atoms with van der Waals surface area (Å²) in [4.78, 5) is 12.0. The molecule has 7 heteroatoms. The van der Waals surface area contributed by atoms with Crippen molar-refractivity contribution in [3.63, 3.8) is 0 Å². The van der Waals surface area contributed by atoms with Crippen LogP contribution >= 0.6 is 0 Å². The molecule has 1 rings (SSSR count). The summed E-state index contributed by atoms with van der Waals surface area (Å²) >= 11 is 0. The van der Waals surface area contributed by atoms with Crippen LogP contribution in [0.1, 0.15) is 12.5 Å². The Labute approximate surface area is 114 Å². The zero-order valence-electron chi connectivity index (χ0n) is 11.1. The highest BCUT2D eigenvalue weighted by Crippen LogP contribution is 2.42. The van der Waals surface area contributed by atoms with Crippen molar-refractivity contribution in [2.24, 2.45) is 0 Å². The summed E-state index contributed by atoms with van der Waals surface area (Å²) < 4.78 is 44.7. The van der Waals surface area contributed by atoms with Crippen molar-refractivity contribution in [1.29, 1.82) is 0 Å². The molecular formula is C13H16F3NO3. The molecule has 1 aromatic carbocycles. The molecule has 0 spiro atoms. The number of methoxy groups -OCH3 is 1. The number of hydrogen-bond donors (Lipinski definition) is 2. The Morgan fingerprint density at radius 1 is 1.35 bits per heavy atom. The second-order valence-electron chi connectivity index (χ2n) is 4.31. The molecule has 0 unspecified atom stereocenters. The summed E-state index contributed by atoms with van der Waals surface area (Å²) in [6.07, 6.45) is -5.90. The number of carbonyl (C=O) groups is 1. The van der Waals surface area contributed by atoms with E-state index in [4.69, 9.17) is 5.11 Å². The molecule has 0 saturated heterocycles. The Bertz CT molecular complexity index is 448. The van der Waals surface area contributed by atoms with E-state index in [-0.39, 0.29) is 12.1 Å². The van der Waals surface area contributed by atoms with E-state index in [2.05, 4.69) is 4.74 Å². The number of ether oxygens (including phenoxy) is 1. The molecule has 0 aliphatic carbocycles. The number of aliphatic hydroxyl groups excluding tert-OH is 1. The number of alkyl halides is 3. The van der Waals surface area contributed by atoms with Crippen molar-refractivity contribution in [2.75, 3.05) is 13.7 Å². The fourth-order valence-corrected chi connectivity index (χ4v) is 1.79. The van der Waals surface area contributed by atoms with Gasteiger partial charge in [0.05, 0.1) is 6.10 Å². The van der Waals surface area contributed by atoms with E-state index in [1.165, 1.54) is 37.3 Å². The van der Waals surface area contributed by atoms with Crippen molar-refractivity contribution in [3.05, 3.63) is 35.9 Å². The summed E-state index contributed by atoms with van der Waals surface area (Å²) in [5, 5.41) is 11.1. The molecule has 2 atom stereocenters. The summed E-state index contributed by atoms with van der Waals surface area (Å²) in [5.74, 6) is -1.36. The normalized spacial score (nSPS) is 16.3. The minimum atomic E-state index is -4.94. The van der Waals surface area contributed by atoms with Gasteiger partial charge in [-0.05, 0) is 6.92 Å². The molecule has 0 heterocycles. The molecule has 112 valence electrons. The van der Waals surface area contributed by atoms with Crippen LogP contribution in [0, 0.1) is 0 Å². The van der Waals surface area contributed by atoms with Crippen LogP contribution < -0.4 is 5.32 Å². The zero-order valence-corrected chi connectivity index (χ0v) is 11.1. The first-order chi connectivity index (χ1) is 9.25. The molecule has 0 aliphatic heterocycles. The van der Waals surface area contributed by atoms with E-state index < -0.39 is 23.8 Å². The first kappa shape index (κ1) is 16.5. The Morgan fingerprint density at radius 2 is 1.90 bits per heavy atom. The molecule has 0 saturated carbocycles. The van der Waals surface area contributed by atoms with Gasteiger partial charge >= 0.3 is 6.18 Å². The van der Waals surface area contributed by atoms with Gasteiger partial charge in [0, 0.05) is 19.2 Å². The van der Waals surface area contributed by atoms with E-state index in [0.29, 0.717) is 0 Å². The summed E-state index contributed by atoms with van der Waals surface area (Å²) in [7, 11) is 0.822. The number of nitrogens with one attached hydrogen (secondary N) is 1. The van der Waals surface area contributed by atoms with Crippen LogP contribution in [0.5, 0.6) is 0 Å². The van der Waals surface area contributed by atoms with Gasteiger partial charge in [0.1, 0.15) is 0 Å². The maximum absolute atomic E-state index is 13.4. The third-order valence-corrected chi connectivity index (χ3v) is 2.76. The highest BCUT2D eigenvalue weighted by molar-refractivity contribution is 5.87. The smallest absolute Gasteiger partial charge is 0.392 e. The minimum Gasteiger partial charge on any atom is -0.392 e. The molecule has 1 amide bonds. The predicted octanol–water partition coefficient (Wildman–Crippen LogP) is 1.59. The molecule has 0 aromatic heterocycles. The van der Waals surface area contributed by atoms with E-state index >= 15 is 0 Å². The molecule has 0 aliphatic rings. The number of benzene rings is 1. The number of hydrogen-bond acceptors (Lipinski definition) is 3. The molecule has 0 radical (unpaired) electrons.